The Balaban J connectivity index is 1.62. The number of unbranched alkanes of at least 4 members (excludes halogenated alkanes) is 1. The summed E-state index contributed by atoms with van der Waals surface area (Å²) in [7, 11) is 0. The second-order valence-corrected chi connectivity index (χ2v) is 7.53. The summed E-state index contributed by atoms with van der Waals surface area (Å²) in [5.41, 5.74) is 6.53. The lowest BCUT2D eigenvalue weighted by Crippen LogP contribution is -2.14. The molecular formula is C27H29N5. The average molecular weight is 424 g/mol. The van der Waals surface area contributed by atoms with Gasteiger partial charge in [0.15, 0.2) is 0 Å². The zero-order valence-electron chi connectivity index (χ0n) is 19.0. The lowest BCUT2D eigenvalue weighted by molar-refractivity contribution is 0.795. The van der Waals surface area contributed by atoms with Crippen molar-refractivity contribution < 1.29 is 0 Å². The predicted molar refractivity (Wildman–Crippen MR) is 133 cm³/mol. The van der Waals surface area contributed by atoms with Crippen molar-refractivity contribution in [3.05, 3.63) is 77.9 Å². The van der Waals surface area contributed by atoms with Gasteiger partial charge in [0, 0.05) is 18.3 Å². The Morgan fingerprint density at radius 3 is 1.84 bits per heavy atom. The summed E-state index contributed by atoms with van der Waals surface area (Å²) in [6.07, 6.45) is 9.06. The first kappa shape index (κ1) is 22.9. The van der Waals surface area contributed by atoms with Gasteiger partial charge < -0.3 is 4.90 Å². The van der Waals surface area contributed by atoms with Crippen molar-refractivity contribution in [2.45, 2.75) is 40.0 Å². The van der Waals surface area contributed by atoms with Gasteiger partial charge >= 0.3 is 0 Å². The first-order valence-corrected chi connectivity index (χ1v) is 11.0. The molecular weight excluding hydrogens is 394 g/mol. The maximum atomic E-state index is 5.55. The second-order valence-electron chi connectivity index (χ2n) is 7.53. The lowest BCUT2D eigenvalue weighted by atomic mass is 10.1. The van der Waals surface area contributed by atoms with Crippen molar-refractivity contribution >= 4 is 28.4 Å². The summed E-state index contributed by atoms with van der Waals surface area (Å²) in [6, 6.07) is 24.4. The van der Waals surface area contributed by atoms with E-state index < -0.39 is 0 Å². The Bertz CT molecular complexity index is 1110. The summed E-state index contributed by atoms with van der Waals surface area (Å²) in [6.45, 7) is 6.98. The molecule has 0 aliphatic carbocycles. The lowest BCUT2D eigenvalue weighted by Gasteiger charge is -2.15. The minimum Gasteiger partial charge on any atom is -0.302 e. The number of hydrogen-bond donors (Lipinski definition) is 0. The molecule has 0 N–H and O–H groups in total. The van der Waals surface area contributed by atoms with E-state index in [4.69, 9.17) is 6.42 Å². The molecule has 3 aromatic rings. The van der Waals surface area contributed by atoms with Crippen LogP contribution in [0, 0.1) is 19.4 Å². The predicted octanol–water partition coefficient (Wildman–Crippen LogP) is 8.59. The third-order valence-electron chi connectivity index (χ3n) is 5.12. The van der Waals surface area contributed by atoms with Crippen LogP contribution < -0.4 is 4.90 Å². The summed E-state index contributed by atoms with van der Waals surface area (Å²) >= 11 is 0. The Morgan fingerprint density at radius 2 is 1.34 bits per heavy atom. The molecule has 5 nitrogen and oxygen atoms in total. The van der Waals surface area contributed by atoms with Crippen LogP contribution in [0.25, 0.3) is 0 Å². The maximum absolute atomic E-state index is 5.55. The number of rotatable bonds is 9. The zero-order chi connectivity index (χ0) is 22.8. The molecule has 3 aromatic carbocycles. The molecule has 0 aliphatic heterocycles. The molecule has 0 atom stereocenters. The van der Waals surface area contributed by atoms with Gasteiger partial charge in [-0.05, 0) is 92.4 Å². The van der Waals surface area contributed by atoms with Crippen molar-refractivity contribution in [2.24, 2.45) is 20.5 Å². The molecule has 0 radical (unpaired) electrons. The van der Waals surface area contributed by atoms with E-state index in [1.165, 1.54) is 18.4 Å². The third-order valence-corrected chi connectivity index (χ3v) is 5.12. The highest BCUT2D eigenvalue weighted by atomic mass is 15.1. The molecule has 0 fully saturated rings. The van der Waals surface area contributed by atoms with Crippen LogP contribution in [0.2, 0.25) is 0 Å². The van der Waals surface area contributed by atoms with Gasteiger partial charge in [0.25, 0.3) is 0 Å². The fourth-order valence-electron chi connectivity index (χ4n) is 3.19. The van der Waals surface area contributed by atoms with E-state index in [1.54, 1.807) is 0 Å². The summed E-state index contributed by atoms with van der Waals surface area (Å²) in [5.74, 6) is 0. The minimum absolute atomic E-state index is 0.755. The van der Waals surface area contributed by atoms with E-state index in [2.05, 4.69) is 45.6 Å². The number of nitrogens with zero attached hydrogens (tertiary/aromatic N) is 5. The SMILES string of the molecule is C#CN(CC)c1ccc(N=Nc2ccc(N=Nc3ccc(CCCC)cc3)cc2)c(C)c1. The van der Waals surface area contributed by atoms with Crippen LogP contribution in [-0.2, 0) is 6.42 Å². The van der Waals surface area contributed by atoms with Crippen molar-refractivity contribution in [1.29, 1.82) is 0 Å². The molecule has 0 amide bonds. The standard InChI is InChI=1S/C27H29N5/c1-5-8-9-22-10-12-23(13-11-22)28-29-24-14-16-25(17-15-24)30-31-27-19-18-26(20-21(27)4)32(6-2)7-3/h2,10-20H,5,7-9H2,1,3-4H3. The number of hydrogen-bond acceptors (Lipinski definition) is 5. The van der Waals surface area contributed by atoms with Gasteiger partial charge in [-0.1, -0.05) is 31.9 Å². The number of aryl methyl sites for hydroxylation is 2. The van der Waals surface area contributed by atoms with E-state index in [0.29, 0.717) is 0 Å². The molecule has 32 heavy (non-hydrogen) atoms. The third kappa shape index (κ3) is 6.36. The second kappa shape index (κ2) is 11.6. The average Bonchev–Trinajstić information content (AvgIpc) is 2.83. The molecule has 5 heteroatoms. The summed E-state index contributed by atoms with van der Waals surface area (Å²) in [5, 5.41) is 17.4. The Labute approximate surface area is 190 Å². The number of benzene rings is 3. The highest BCUT2D eigenvalue weighted by Gasteiger charge is 2.04. The summed E-state index contributed by atoms with van der Waals surface area (Å²) < 4.78 is 0. The van der Waals surface area contributed by atoms with Gasteiger partial charge in [0.1, 0.15) is 0 Å². The van der Waals surface area contributed by atoms with E-state index in [9.17, 15) is 0 Å². The van der Waals surface area contributed by atoms with Crippen LogP contribution in [0.15, 0.2) is 87.2 Å². The van der Waals surface area contributed by atoms with Crippen molar-refractivity contribution in [3.63, 3.8) is 0 Å². The molecule has 0 saturated heterocycles. The van der Waals surface area contributed by atoms with Gasteiger partial charge in [-0.2, -0.15) is 20.5 Å². The van der Waals surface area contributed by atoms with E-state index in [-0.39, 0.29) is 0 Å². The van der Waals surface area contributed by atoms with Crippen molar-refractivity contribution in [1.82, 2.24) is 0 Å². The highest BCUT2D eigenvalue weighted by molar-refractivity contribution is 5.60. The fraction of sp³-hybridized carbons (Fsp3) is 0.259. The minimum atomic E-state index is 0.755. The summed E-state index contributed by atoms with van der Waals surface area (Å²) in [4.78, 5) is 1.85. The number of azo groups is 2. The van der Waals surface area contributed by atoms with Gasteiger partial charge in [0.05, 0.1) is 22.7 Å². The topological polar surface area (TPSA) is 52.7 Å². The maximum Gasteiger partial charge on any atom is 0.0887 e. The number of terminal acetylenes is 1. The largest absolute Gasteiger partial charge is 0.302 e. The number of anilines is 1. The van der Waals surface area contributed by atoms with Gasteiger partial charge in [-0.3, -0.25) is 0 Å². The quantitative estimate of drug-likeness (QED) is 0.193. The molecule has 0 saturated carbocycles. The van der Waals surface area contributed by atoms with Gasteiger partial charge in [-0.25, -0.2) is 0 Å². The van der Waals surface area contributed by atoms with E-state index in [0.717, 1.165) is 47.0 Å². The van der Waals surface area contributed by atoms with E-state index in [1.807, 2.05) is 73.3 Å². The first-order valence-electron chi connectivity index (χ1n) is 11.0. The molecule has 0 heterocycles. The Morgan fingerprint density at radius 1 is 0.781 bits per heavy atom. The van der Waals surface area contributed by atoms with Crippen LogP contribution in [0.1, 0.15) is 37.8 Å². The molecule has 162 valence electrons. The molecule has 0 aliphatic rings. The van der Waals surface area contributed by atoms with Gasteiger partial charge in [-0.15, -0.1) is 0 Å². The van der Waals surface area contributed by atoms with Crippen LogP contribution in [-0.4, -0.2) is 6.54 Å². The van der Waals surface area contributed by atoms with Crippen LogP contribution in [0.5, 0.6) is 0 Å². The smallest absolute Gasteiger partial charge is 0.0887 e. The monoisotopic (exact) mass is 423 g/mol. The fourth-order valence-corrected chi connectivity index (χ4v) is 3.19. The normalized spacial score (nSPS) is 11.2. The Kier molecular flexibility index (Phi) is 8.28. The molecule has 0 bridgehead atoms. The zero-order valence-corrected chi connectivity index (χ0v) is 19.0. The van der Waals surface area contributed by atoms with Gasteiger partial charge in [0.2, 0.25) is 0 Å². The van der Waals surface area contributed by atoms with Crippen molar-refractivity contribution in [3.8, 4) is 12.5 Å². The van der Waals surface area contributed by atoms with E-state index >= 15 is 0 Å². The molecule has 3 rings (SSSR count). The van der Waals surface area contributed by atoms with Crippen LogP contribution in [0.4, 0.5) is 28.4 Å². The highest BCUT2D eigenvalue weighted by Crippen LogP contribution is 2.27. The van der Waals surface area contributed by atoms with Crippen LogP contribution >= 0.6 is 0 Å². The van der Waals surface area contributed by atoms with Crippen LogP contribution in [0.3, 0.4) is 0 Å². The van der Waals surface area contributed by atoms with Crippen molar-refractivity contribution in [2.75, 3.05) is 11.4 Å². The Hall–Kier alpha value is -3.78. The molecule has 0 unspecified atom stereocenters. The first-order chi connectivity index (χ1) is 15.6. The molecule has 0 aromatic heterocycles. The molecule has 0 spiro atoms.